The first kappa shape index (κ1) is 7.00. The van der Waals surface area contributed by atoms with Gasteiger partial charge in [0, 0.05) is 6.26 Å². The largest absolute Gasteiger partial charge is 0.388 e. The summed E-state index contributed by atoms with van der Waals surface area (Å²) < 4.78 is 21.1. The zero-order chi connectivity index (χ0) is 7.78. The third kappa shape index (κ3) is 1.24. The van der Waals surface area contributed by atoms with Crippen LogP contribution in [0.15, 0.2) is 15.2 Å². The van der Waals surface area contributed by atoms with Crippen molar-refractivity contribution in [3.63, 3.8) is 0 Å². The van der Waals surface area contributed by atoms with Crippen molar-refractivity contribution in [1.82, 2.24) is 0 Å². The Hall–Kier alpha value is -1.11. The van der Waals surface area contributed by atoms with Crippen LogP contribution in [0.2, 0.25) is 0 Å². The minimum atomic E-state index is -3.47. The predicted octanol–water partition coefficient (Wildman–Crippen LogP) is -0.0272. The summed E-state index contributed by atoms with van der Waals surface area (Å²) in [7, 11) is -3.47. The third-order valence-corrected chi connectivity index (χ3v) is 1.58. The van der Waals surface area contributed by atoms with E-state index >= 15 is 0 Å². The van der Waals surface area contributed by atoms with E-state index in [-0.39, 0.29) is 0 Å². The molecule has 0 atom stereocenters. The quantitative estimate of drug-likeness (QED) is 0.499. The van der Waals surface area contributed by atoms with Gasteiger partial charge in [0.2, 0.25) is 9.84 Å². The van der Waals surface area contributed by atoms with Gasteiger partial charge in [-0.3, -0.25) is 0 Å². The van der Waals surface area contributed by atoms with Gasteiger partial charge in [0.1, 0.15) is 0 Å². The van der Waals surface area contributed by atoms with Crippen LogP contribution in [0.3, 0.4) is 0 Å². The molecule has 0 aromatic carbocycles. The molecule has 0 bridgehead atoms. The van der Waals surface area contributed by atoms with E-state index in [0.717, 1.165) is 6.26 Å². The zero-order valence-electron chi connectivity index (χ0n) is 4.97. The fraction of sp³-hybridized carbons (Fsp3) is 0.333. The monoisotopic (exact) mass is 161 g/mol. The fourth-order valence-electron chi connectivity index (χ4n) is 0.369. The highest BCUT2D eigenvalue weighted by Crippen LogP contribution is 2.02. The molecule has 0 saturated heterocycles. The molecule has 1 heterocycles. The lowest BCUT2D eigenvalue weighted by molar-refractivity contribution is 0.257. The number of rotatable bonds is 0. The van der Waals surface area contributed by atoms with Crippen LogP contribution in [0, 0.1) is 0 Å². The van der Waals surface area contributed by atoms with Gasteiger partial charge in [0.15, 0.2) is 0 Å². The zero-order valence-corrected chi connectivity index (χ0v) is 5.79. The second kappa shape index (κ2) is 1.94. The number of carbonyl (C=O) groups is 1. The van der Waals surface area contributed by atoms with Crippen LogP contribution in [0.1, 0.15) is 0 Å². The first-order valence-corrected chi connectivity index (χ1v) is 4.14. The molecule has 10 heavy (non-hydrogen) atoms. The number of aliphatic imine (C=N–C) groups is 1. The lowest BCUT2D eigenvalue weighted by Gasteiger charge is -1.84. The highest BCUT2D eigenvalue weighted by Gasteiger charge is 2.19. The molecule has 0 aromatic heterocycles. The molecule has 0 aliphatic carbocycles. The number of carbonyl (C=O) groups excluding carboxylic acids is 1. The Morgan fingerprint density at radius 1 is 1.30 bits per heavy atom. The van der Waals surface area contributed by atoms with Gasteiger partial charge in [-0.15, -0.1) is 5.11 Å². The molecule has 7 heteroatoms. The normalized spacial score (nSPS) is 17.7. The Balaban J connectivity index is 3.11. The van der Waals surface area contributed by atoms with Gasteiger partial charge in [-0.05, 0) is 0 Å². The van der Waals surface area contributed by atoms with Crippen molar-refractivity contribution in [3.8, 4) is 0 Å². The molecule has 0 spiro atoms. The summed E-state index contributed by atoms with van der Waals surface area (Å²) in [5.41, 5.74) is 0. The van der Waals surface area contributed by atoms with E-state index in [0.29, 0.717) is 0 Å². The van der Waals surface area contributed by atoms with E-state index < -0.39 is 21.0 Å². The van der Waals surface area contributed by atoms with Gasteiger partial charge in [-0.2, -0.15) is 4.99 Å². The number of hydrogen-bond acceptors (Lipinski definition) is 4. The molecule has 0 N–H and O–H groups in total. The Kier molecular flexibility index (Phi) is 1.36. The van der Waals surface area contributed by atoms with E-state index in [1.54, 1.807) is 0 Å². The maximum absolute atomic E-state index is 10.5. The summed E-state index contributed by atoms with van der Waals surface area (Å²) in [5.74, 6) is 0. The van der Waals surface area contributed by atoms with Gasteiger partial charge in [0.25, 0.3) is 5.17 Å². The van der Waals surface area contributed by atoms with Crippen molar-refractivity contribution in [1.29, 1.82) is 0 Å². The van der Waals surface area contributed by atoms with Gasteiger partial charge < -0.3 is 0 Å². The van der Waals surface area contributed by atoms with Gasteiger partial charge >= 0.3 is 6.03 Å². The molecule has 0 fully saturated rings. The van der Waals surface area contributed by atoms with Crippen molar-refractivity contribution in [2.24, 2.45) is 15.2 Å². The number of urea groups is 1. The summed E-state index contributed by atoms with van der Waals surface area (Å²) in [6.07, 6.45) is 0.906. The second-order valence-corrected chi connectivity index (χ2v) is 3.56. The van der Waals surface area contributed by atoms with Crippen molar-refractivity contribution in [3.05, 3.63) is 0 Å². The van der Waals surface area contributed by atoms with E-state index in [1.165, 1.54) is 0 Å². The molecular formula is C3H3N3O3S. The van der Waals surface area contributed by atoms with E-state index in [1.807, 2.05) is 0 Å². The summed E-state index contributed by atoms with van der Waals surface area (Å²) in [5, 5.41) is 5.40. The number of sulfone groups is 1. The topological polar surface area (TPSA) is 88.3 Å². The van der Waals surface area contributed by atoms with E-state index in [4.69, 9.17) is 0 Å². The van der Waals surface area contributed by atoms with Gasteiger partial charge in [0.05, 0.1) is 0 Å². The second-order valence-electron chi connectivity index (χ2n) is 1.65. The highest BCUT2D eigenvalue weighted by molar-refractivity contribution is 8.05. The standard InChI is InChI=1S/C3H3N3O3S/c1-10(8,9)3-4-2(7)5-6-3/h1H3. The van der Waals surface area contributed by atoms with Crippen molar-refractivity contribution in [2.45, 2.75) is 0 Å². The molecule has 0 saturated carbocycles. The average Bonchev–Trinajstić information content (AvgIpc) is 2.11. The molecule has 0 unspecified atom stereocenters. The number of nitrogens with zero attached hydrogens (tertiary/aromatic N) is 3. The summed E-state index contributed by atoms with van der Waals surface area (Å²) in [4.78, 5) is 13.2. The Labute approximate surface area is 56.6 Å². The van der Waals surface area contributed by atoms with Crippen LogP contribution >= 0.6 is 0 Å². The molecular weight excluding hydrogens is 158 g/mol. The molecule has 1 aliphatic rings. The summed E-state index contributed by atoms with van der Waals surface area (Å²) in [6, 6.07) is -0.875. The van der Waals surface area contributed by atoms with Crippen molar-refractivity contribution >= 4 is 21.0 Å². The van der Waals surface area contributed by atoms with Gasteiger partial charge in [-0.1, -0.05) is 5.11 Å². The smallest absolute Gasteiger partial charge is 0.242 e. The first-order valence-electron chi connectivity index (χ1n) is 2.24. The Morgan fingerprint density at radius 3 is 2.10 bits per heavy atom. The average molecular weight is 161 g/mol. The van der Waals surface area contributed by atoms with Crippen molar-refractivity contribution in [2.75, 3.05) is 6.26 Å². The molecule has 6 nitrogen and oxygen atoms in total. The number of amidine groups is 1. The highest BCUT2D eigenvalue weighted by atomic mass is 32.2. The fourth-order valence-corrected chi connectivity index (χ4v) is 0.802. The van der Waals surface area contributed by atoms with Crippen LogP contribution in [0.5, 0.6) is 0 Å². The van der Waals surface area contributed by atoms with Crippen LogP contribution in [0.25, 0.3) is 0 Å². The maximum atomic E-state index is 10.5. The third-order valence-electron chi connectivity index (χ3n) is 0.744. The van der Waals surface area contributed by atoms with E-state index in [2.05, 4.69) is 15.2 Å². The van der Waals surface area contributed by atoms with Crippen molar-refractivity contribution < 1.29 is 13.2 Å². The minimum absolute atomic E-state index is 0.516. The van der Waals surface area contributed by atoms with Crippen LogP contribution in [-0.2, 0) is 9.84 Å². The SMILES string of the molecule is CS(=O)(=O)C1=NC(=O)N=N1. The van der Waals surface area contributed by atoms with Crippen LogP contribution < -0.4 is 0 Å². The molecule has 0 aromatic rings. The summed E-state index contributed by atoms with van der Waals surface area (Å²) >= 11 is 0. The van der Waals surface area contributed by atoms with Crippen LogP contribution in [-0.4, -0.2) is 25.9 Å². The lowest BCUT2D eigenvalue weighted by Crippen LogP contribution is -2.07. The number of amides is 2. The van der Waals surface area contributed by atoms with E-state index in [9.17, 15) is 13.2 Å². The number of azo groups is 1. The van der Waals surface area contributed by atoms with Gasteiger partial charge in [-0.25, -0.2) is 13.2 Å². The Bertz CT molecular complexity index is 325. The number of hydrogen-bond donors (Lipinski definition) is 0. The lowest BCUT2D eigenvalue weighted by atomic mass is 11.1. The summed E-state index contributed by atoms with van der Waals surface area (Å²) in [6.45, 7) is 0. The van der Waals surface area contributed by atoms with Crippen LogP contribution in [0.4, 0.5) is 4.79 Å². The maximum Gasteiger partial charge on any atom is 0.388 e. The molecule has 1 aliphatic heterocycles. The molecule has 1 rings (SSSR count). The molecule has 0 radical (unpaired) electrons. The Morgan fingerprint density at radius 2 is 1.90 bits per heavy atom. The molecule has 54 valence electrons. The minimum Gasteiger partial charge on any atom is -0.242 e. The molecule has 2 amide bonds. The first-order chi connectivity index (χ1) is 4.50. The predicted molar refractivity (Wildman–Crippen MR) is 32.5 cm³/mol.